The molecule has 1 aromatic heterocycles. The maximum Gasteiger partial charge on any atom is 0.140 e. The molecule has 0 saturated carbocycles. The van der Waals surface area contributed by atoms with Crippen LogP contribution in [0.4, 0.5) is 5.82 Å². The van der Waals surface area contributed by atoms with Crippen LogP contribution in [0.3, 0.4) is 0 Å². The molecule has 4 nitrogen and oxygen atoms in total. The van der Waals surface area contributed by atoms with Crippen molar-refractivity contribution >= 4 is 17.4 Å². The van der Waals surface area contributed by atoms with E-state index in [1.54, 1.807) is 14.2 Å². The van der Waals surface area contributed by atoms with Crippen LogP contribution in [0, 0.1) is 0 Å². The van der Waals surface area contributed by atoms with Crippen molar-refractivity contribution in [2.75, 3.05) is 12.8 Å². The third kappa shape index (κ3) is 1.46. The summed E-state index contributed by atoms with van der Waals surface area (Å²) in [5, 5.41) is 4.52. The van der Waals surface area contributed by atoms with E-state index in [2.05, 4.69) is 5.10 Å². The minimum Gasteiger partial charge on any atom is -0.383 e. The molecule has 1 rings (SSSR count). The van der Waals surface area contributed by atoms with Crippen molar-refractivity contribution in [3.05, 3.63) is 10.7 Å². The molecule has 0 atom stereocenters. The molecule has 0 aliphatic carbocycles. The molecule has 0 radical (unpaired) electrons. The lowest BCUT2D eigenvalue weighted by atomic mass is 10.4. The number of ether oxygens (including phenoxy) is 1. The maximum absolute atomic E-state index is 5.80. The molecule has 0 unspecified atom stereocenters. The zero-order valence-electron chi connectivity index (χ0n) is 6.47. The second kappa shape index (κ2) is 3.11. The fraction of sp³-hybridized carbons (Fsp3) is 0.500. The van der Waals surface area contributed by atoms with Crippen molar-refractivity contribution in [1.29, 1.82) is 0 Å². The predicted molar refractivity (Wildman–Crippen MR) is 43.3 cm³/mol. The molecule has 0 saturated heterocycles. The molecule has 0 amide bonds. The first kappa shape index (κ1) is 8.36. The van der Waals surface area contributed by atoms with Crippen molar-refractivity contribution in [2.45, 2.75) is 6.61 Å². The Balaban J connectivity index is 2.98. The average molecular weight is 176 g/mol. The van der Waals surface area contributed by atoms with Gasteiger partial charge in [0.05, 0.1) is 6.61 Å². The van der Waals surface area contributed by atoms with Crippen molar-refractivity contribution in [3.8, 4) is 0 Å². The first-order valence-electron chi connectivity index (χ1n) is 3.12. The number of hydrogen-bond donors (Lipinski definition) is 1. The van der Waals surface area contributed by atoms with Crippen molar-refractivity contribution in [1.82, 2.24) is 9.78 Å². The largest absolute Gasteiger partial charge is 0.383 e. The molecule has 0 aliphatic rings. The first-order chi connectivity index (χ1) is 5.16. The fourth-order valence-corrected chi connectivity index (χ4v) is 1.01. The zero-order chi connectivity index (χ0) is 8.43. The summed E-state index contributed by atoms with van der Waals surface area (Å²) in [5.41, 5.74) is 6.22. The molecular formula is C6H10ClN3O. The molecule has 11 heavy (non-hydrogen) atoms. The fourth-order valence-electron chi connectivity index (χ4n) is 0.798. The summed E-state index contributed by atoms with van der Waals surface area (Å²) in [5.74, 6) is 0.471. The normalized spacial score (nSPS) is 10.5. The van der Waals surface area contributed by atoms with E-state index in [1.807, 2.05) is 0 Å². The van der Waals surface area contributed by atoms with Crippen LogP contribution in [0.5, 0.6) is 0 Å². The van der Waals surface area contributed by atoms with Crippen molar-refractivity contribution < 1.29 is 4.74 Å². The van der Waals surface area contributed by atoms with Gasteiger partial charge in [-0.25, -0.2) is 0 Å². The lowest BCUT2D eigenvalue weighted by molar-refractivity contribution is 0.181. The summed E-state index contributed by atoms with van der Waals surface area (Å²) in [4.78, 5) is 0. The smallest absolute Gasteiger partial charge is 0.140 e. The number of aryl methyl sites for hydroxylation is 1. The standard InChI is InChI=1S/C6H10ClN3O/c1-10-6(8)5(7)4(9-10)3-11-2/h3,8H2,1-2H3. The van der Waals surface area contributed by atoms with Crippen LogP contribution in [0.2, 0.25) is 5.02 Å². The maximum atomic E-state index is 5.80. The number of methoxy groups -OCH3 is 1. The Morgan fingerprint density at radius 2 is 2.36 bits per heavy atom. The second-order valence-electron chi connectivity index (χ2n) is 2.20. The lowest BCUT2D eigenvalue weighted by Gasteiger charge is -1.91. The van der Waals surface area contributed by atoms with Crippen LogP contribution in [-0.2, 0) is 18.4 Å². The number of nitrogens with two attached hydrogens (primary N) is 1. The molecule has 1 aromatic rings. The number of aromatic nitrogens is 2. The lowest BCUT2D eigenvalue weighted by Crippen LogP contribution is -1.97. The molecule has 5 heteroatoms. The molecule has 0 bridgehead atoms. The number of hydrogen-bond acceptors (Lipinski definition) is 3. The quantitative estimate of drug-likeness (QED) is 0.724. The number of anilines is 1. The third-order valence-corrected chi connectivity index (χ3v) is 1.79. The molecule has 0 aromatic carbocycles. The minimum atomic E-state index is 0.393. The first-order valence-corrected chi connectivity index (χ1v) is 3.50. The summed E-state index contributed by atoms with van der Waals surface area (Å²) >= 11 is 5.80. The van der Waals surface area contributed by atoms with Crippen LogP contribution in [0.25, 0.3) is 0 Å². The monoisotopic (exact) mass is 175 g/mol. The van der Waals surface area contributed by atoms with Gasteiger partial charge in [0.1, 0.15) is 16.5 Å². The van der Waals surface area contributed by atoms with Gasteiger partial charge in [0.2, 0.25) is 0 Å². The summed E-state index contributed by atoms with van der Waals surface area (Å²) < 4.78 is 6.39. The van der Waals surface area contributed by atoms with Gasteiger partial charge in [0.15, 0.2) is 0 Å². The summed E-state index contributed by atoms with van der Waals surface area (Å²) in [6, 6.07) is 0. The van der Waals surface area contributed by atoms with Gasteiger partial charge in [0.25, 0.3) is 0 Å². The van der Waals surface area contributed by atoms with Crippen LogP contribution in [-0.4, -0.2) is 16.9 Å². The summed E-state index contributed by atoms with van der Waals surface area (Å²) in [6.45, 7) is 0.393. The van der Waals surface area contributed by atoms with Gasteiger partial charge in [-0.15, -0.1) is 0 Å². The highest BCUT2D eigenvalue weighted by Gasteiger charge is 2.09. The van der Waals surface area contributed by atoms with E-state index in [9.17, 15) is 0 Å². The SMILES string of the molecule is COCc1nn(C)c(N)c1Cl. The van der Waals surface area contributed by atoms with Crippen LogP contribution < -0.4 is 5.73 Å². The van der Waals surface area contributed by atoms with Gasteiger partial charge in [-0.3, -0.25) is 4.68 Å². The Bertz CT molecular complexity index is 259. The van der Waals surface area contributed by atoms with E-state index in [1.165, 1.54) is 4.68 Å². The predicted octanol–water partition coefficient (Wildman–Crippen LogP) is 0.802. The van der Waals surface area contributed by atoms with Gasteiger partial charge >= 0.3 is 0 Å². The second-order valence-corrected chi connectivity index (χ2v) is 2.58. The number of nitrogen functional groups attached to an aromatic ring is 1. The summed E-state index contributed by atoms with van der Waals surface area (Å²) in [7, 11) is 3.32. The number of rotatable bonds is 2. The van der Waals surface area contributed by atoms with E-state index in [4.69, 9.17) is 22.1 Å². The third-order valence-electron chi connectivity index (χ3n) is 1.38. The molecule has 62 valence electrons. The van der Waals surface area contributed by atoms with Gasteiger partial charge in [-0.05, 0) is 0 Å². The molecule has 0 fully saturated rings. The Labute approximate surface area is 69.9 Å². The number of halogens is 1. The topological polar surface area (TPSA) is 53.1 Å². The molecule has 2 N–H and O–H groups in total. The highest BCUT2D eigenvalue weighted by atomic mass is 35.5. The van der Waals surface area contributed by atoms with Crippen molar-refractivity contribution in [3.63, 3.8) is 0 Å². The zero-order valence-corrected chi connectivity index (χ0v) is 7.22. The van der Waals surface area contributed by atoms with Crippen LogP contribution in [0.1, 0.15) is 5.69 Å². The highest BCUT2D eigenvalue weighted by Crippen LogP contribution is 2.22. The Kier molecular flexibility index (Phi) is 2.36. The van der Waals surface area contributed by atoms with Gasteiger partial charge in [-0.2, -0.15) is 5.10 Å². The average Bonchev–Trinajstić information content (AvgIpc) is 2.19. The van der Waals surface area contributed by atoms with Gasteiger partial charge in [0, 0.05) is 14.2 Å². The van der Waals surface area contributed by atoms with E-state index >= 15 is 0 Å². The Morgan fingerprint density at radius 3 is 2.73 bits per heavy atom. The van der Waals surface area contributed by atoms with Crippen LogP contribution >= 0.6 is 11.6 Å². The molecule has 0 spiro atoms. The minimum absolute atomic E-state index is 0.393. The van der Waals surface area contributed by atoms with E-state index in [0.29, 0.717) is 23.1 Å². The van der Waals surface area contributed by atoms with Gasteiger partial charge < -0.3 is 10.5 Å². The van der Waals surface area contributed by atoms with Crippen LogP contribution in [0.15, 0.2) is 0 Å². The van der Waals surface area contributed by atoms with E-state index < -0.39 is 0 Å². The van der Waals surface area contributed by atoms with E-state index in [0.717, 1.165) is 0 Å². The molecule has 1 heterocycles. The molecular weight excluding hydrogens is 166 g/mol. The van der Waals surface area contributed by atoms with E-state index in [-0.39, 0.29) is 0 Å². The van der Waals surface area contributed by atoms with Crippen molar-refractivity contribution in [2.24, 2.45) is 7.05 Å². The Morgan fingerprint density at radius 1 is 1.73 bits per heavy atom. The summed E-state index contributed by atoms with van der Waals surface area (Å²) in [6.07, 6.45) is 0. The molecule has 0 aliphatic heterocycles. The highest BCUT2D eigenvalue weighted by molar-refractivity contribution is 6.33. The van der Waals surface area contributed by atoms with Gasteiger partial charge in [-0.1, -0.05) is 11.6 Å². The Hall–Kier alpha value is -0.740. The number of nitrogens with zero attached hydrogens (tertiary/aromatic N) is 2.